The van der Waals surface area contributed by atoms with Crippen LogP contribution in [0, 0.1) is 0 Å². The quantitative estimate of drug-likeness (QED) is 0.777. The van der Waals surface area contributed by atoms with Crippen molar-refractivity contribution in [3.63, 3.8) is 0 Å². The number of ether oxygens (including phenoxy) is 4. The van der Waals surface area contributed by atoms with Gasteiger partial charge in [-0.05, 0) is 13.8 Å². The van der Waals surface area contributed by atoms with E-state index in [4.69, 9.17) is 18.9 Å². The molecule has 1 N–H and O–H groups in total. The molecule has 1 amide bonds. The van der Waals surface area contributed by atoms with E-state index < -0.39 is 5.79 Å². The minimum absolute atomic E-state index is 0.0802. The van der Waals surface area contributed by atoms with E-state index in [9.17, 15) is 4.79 Å². The molecule has 104 valence electrons. The van der Waals surface area contributed by atoms with Crippen LogP contribution in [0.3, 0.4) is 0 Å². The Kier molecular flexibility index (Phi) is 3.91. The molecule has 6 heteroatoms. The number of hydrogen-bond acceptors (Lipinski definition) is 5. The zero-order valence-electron chi connectivity index (χ0n) is 11.3. The molecule has 4 atom stereocenters. The first-order valence-corrected chi connectivity index (χ1v) is 6.18. The van der Waals surface area contributed by atoms with Crippen LogP contribution in [0.5, 0.6) is 0 Å². The molecule has 0 spiro atoms. The van der Waals surface area contributed by atoms with Crippen molar-refractivity contribution in [1.29, 1.82) is 0 Å². The minimum atomic E-state index is -0.652. The van der Waals surface area contributed by atoms with Crippen molar-refractivity contribution in [3.8, 4) is 0 Å². The van der Waals surface area contributed by atoms with E-state index in [0.717, 1.165) is 0 Å². The standard InChI is InChI=1S/C12H21NO5/c1-7(14)13-8-5-10(15-4)17-9-6-16-12(2,3)18-11(8)9/h8-11H,5-6H2,1-4H3,(H,13,14)/t8-,9+,10-,11+/m0/s1. The largest absolute Gasteiger partial charge is 0.356 e. The Labute approximate surface area is 107 Å². The lowest BCUT2D eigenvalue weighted by Crippen LogP contribution is -2.63. The van der Waals surface area contributed by atoms with Crippen molar-refractivity contribution in [2.75, 3.05) is 13.7 Å². The van der Waals surface area contributed by atoms with E-state index >= 15 is 0 Å². The smallest absolute Gasteiger partial charge is 0.217 e. The van der Waals surface area contributed by atoms with Gasteiger partial charge in [0.2, 0.25) is 5.91 Å². The Morgan fingerprint density at radius 3 is 2.78 bits per heavy atom. The summed E-state index contributed by atoms with van der Waals surface area (Å²) >= 11 is 0. The number of nitrogens with one attached hydrogen (secondary N) is 1. The van der Waals surface area contributed by atoms with Crippen LogP contribution in [0.25, 0.3) is 0 Å². The minimum Gasteiger partial charge on any atom is -0.356 e. The zero-order chi connectivity index (χ0) is 13.3. The number of hydrogen-bond donors (Lipinski definition) is 1. The van der Waals surface area contributed by atoms with Gasteiger partial charge in [0, 0.05) is 20.5 Å². The number of amides is 1. The zero-order valence-corrected chi connectivity index (χ0v) is 11.3. The highest BCUT2D eigenvalue weighted by atomic mass is 16.8. The average molecular weight is 259 g/mol. The van der Waals surface area contributed by atoms with E-state index in [2.05, 4.69) is 5.32 Å². The maximum absolute atomic E-state index is 11.3. The van der Waals surface area contributed by atoms with Crippen molar-refractivity contribution in [2.45, 2.75) is 57.5 Å². The van der Waals surface area contributed by atoms with Crippen LogP contribution >= 0.6 is 0 Å². The van der Waals surface area contributed by atoms with Gasteiger partial charge in [-0.25, -0.2) is 0 Å². The second-order valence-electron chi connectivity index (χ2n) is 5.18. The Balaban J connectivity index is 2.11. The van der Waals surface area contributed by atoms with Gasteiger partial charge in [-0.15, -0.1) is 0 Å². The molecule has 2 fully saturated rings. The van der Waals surface area contributed by atoms with Crippen LogP contribution in [-0.2, 0) is 23.7 Å². The van der Waals surface area contributed by atoms with Crippen molar-refractivity contribution in [3.05, 3.63) is 0 Å². The first-order valence-electron chi connectivity index (χ1n) is 6.18. The molecule has 0 aromatic heterocycles. The van der Waals surface area contributed by atoms with Crippen LogP contribution in [0.15, 0.2) is 0 Å². The molecule has 0 saturated carbocycles. The summed E-state index contributed by atoms with van der Waals surface area (Å²) < 4.78 is 22.4. The van der Waals surface area contributed by atoms with Crippen molar-refractivity contribution in [1.82, 2.24) is 5.32 Å². The summed E-state index contributed by atoms with van der Waals surface area (Å²) in [4.78, 5) is 11.3. The van der Waals surface area contributed by atoms with Gasteiger partial charge in [-0.2, -0.15) is 0 Å². The Hall–Kier alpha value is -0.690. The Morgan fingerprint density at radius 2 is 2.17 bits per heavy atom. The third-order valence-corrected chi connectivity index (χ3v) is 3.20. The predicted molar refractivity (Wildman–Crippen MR) is 62.8 cm³/mol. The monoisotopic (exact) mass is 259 g/mol. The molecular weight excluding hydrogens is 238 g/mol. The first-order chi connectivity index (χ1) is 8.41. The highest BCUT2D eigenvalue weighted by Crippen LogP contribution is 2.32. The van der Waals surface area contributed by atoms with Gasteiger partial charge in [0.05, 0.1) is 12.6 Å². The molecule has 0 unspecified atom stereocenters. The molecule has 0 bridgehead atoms. The van der Waals surface area contributed by atoms with E-state index in [0.29, 0.717) is 13.0 Å². The number of carbonyl (C=O) groups is 1. The van der Waals surface area contributed by atoms with Gasteiger partial charge < -0.3 is 24.3 Å². The predicted octanol–water partition coefficient (Wildman–Crippen LogP) is 0.404. The normalized spacial score (nSPS) is 38.9. The lowest BCUT2D eigenvalue weighted by Gasteiger charge is -2.48. The van der Waals surface area contributed by atoms with E-state index in [1.54, 1.807) is 7.11 Å². The third kappa shape index (κ3) is 3.00. The van der Waals surface area contributed by atoms with Gasteiger partial charge in [-0.1, -0.05) is 0 Å². The van der Waals surface area contributed by atoms with Crippen LogP contribution < -0.4 is 5.32 Å². The molecule has 6 nitrogen and oxygen atoms in total. The molecule has 0 aromatic carbocycles. The highest BCUT2D eigenvalue weighted by Gasteiger charge is 2.46. The molecule has 2 aliphatic heterocycles. The number of methoxy groups -OCH3 is 1. The SMILES string of the molecule is CO[C@@H]1C[C@H](NC(C)=O)[C@H]2OC(C)(C)OC[C@H]2O1. The van der Waals surface area contributed by atoms with Gasteiger partial charge in [0.15, 0.2) is 12.1 Å². The summed E-state index contributed by atoms with van der Waals surface area (Å²) in [5, 5.41) is 2.90. The van der Waals surface area contributed by atoms with Crippen molar-refractivity contribution >= 4 is 5.91 Å². The molecule has 0 aromatic rings. The molecule has 0 aliphatic carbocycles. The van der Waals surface area contributed by atoms with Gasteiger partial charge >= 0.3 is 0 Å². The second-order valence-corrected chi connectivity index (χ2v) is 5.18. The van der Waals surface area contributed by atoms with E-state index in [1.807, 2.05) is 13.8 Å². The highest BCUT2D eigenvalue weighted by molar-refractivity contribution is 5.73. The Morgan fingerprint density at radius 1 is 1.44 bits per heavy atom. The average Bonchev–Trinajstić information content (AvgIpc) is 2.28. The third-order valence-electron chi connectivity index (χ3n) is 3.20. The summed E-state index contributed by atoms with van der Waals surface area (Å²) in [6, 6.07) is -0.116. The molecule has 0 radical (unpaired) electrons. The maximum Gasteiger partial charge on any atom is 0.217 e. The fraction of sp³-hybridized carbons (Fsp3) is 0.917. The Bertz CT molecular complexity index is 320. The molecular formula is C12H21NO5. The summed E-state index contributed by atoms with van der Waals surface area (Å²) in [6.07, 6.45) is -0.179. The van der Waals surface area contributed by atoms with Crippen LogP contribution in [-0.4, -0.2) is 50.0 Å². The van der Waals surface area contributed by atoms with Crippen LogP contribution in [0.2, 0.25) is 0 Å². The molecule has 2 heterocycles. The summed E-state index contributed by atoms with van der Waals surface area (Å²) in [5.41, 5.74) is 0. The number of carbonyl (C=O) groups excluding carboxylic acids is 1. The van der Waals surface area contributed by atoms with E-state index in [1.165, 1.54) is 6.92 Å². The van der Waals surface area contributed by atoms with Crippen LogP contribution in [0.4, 0.5) is 0 Å². The maximum atomic E-state index is 11.3. The number of rotatable bonds is 2. The fourth-order valence-electron chi connectivity index (χ4n) is 2.42. The van der Waals surface area contributed by atoms with E-state index in [-0.39, 0.29) is 30.4 Å². The lowest BCUT2D eigenvalue weighted by atomic mass is 9.97. The summed E-state index contributed by atoms with van der Waals surface area (Å²) in [5.74, 6) is -0.732. The van der Waals surface area contributed by atoms with Gasteiger partial charge in [-0.3, -0.25) is 4.79 Å². The van der Waals surface area contributed by atoms with Gasteiger partial charge in [0.1, 0.15) is 12.2 Å². The van der Waals surface area contributed by atoms with Gasteiger partial charge in [0.25, 0.3) is 0 Å². The topological polar surface area (TPSA) is 66.0 Å². The summed E-state index contributed by atoms with van der Waals surface area (Å²) in [6.45, 7) is 5.65. The number of fused-ring (bicyclic) bond motifs is 1. The van der Waals surface area contributed by atoms with Crippen molar-refractivity contribution < 1.29 is 23.7 Å². The molecule has 2 saturated heterocycles. The van der Waals surface area contributed by atoms with Crippen LogP contribution in [0.1, 0.15) is 27.2 Å². The molecule has 2 aliphatic rings. The first kappa shape index (κ1) is 13.7. The van der Waals surface area contributed by atoms with Crippen molar-refractivity contribution in [2.24, 2.45) is 0 Å². The molecule has 18 heavy (non-hydrogen) atoms. The molecule has 2 rings (SSSR count). The second kappa shape index (κ2) is 5.13. The fourth-order valence-corrected chi connectivity index (χ4v) is 2.42. The lowest BCUT2D eigenvalue weighted by molar-refractivity contribution is -0.348. The summed E-state index contributed by atoms with van der Waals surface area (Å²) in [7, 11) is 1.59.